The molecule has 0 aromatic rings. The van der Waals surface area contributed by atoms with Crippen molar-refractivity contribution < 1.29 is 28.6 Å². The fourth-order valence-corrected chi connectivity index (χ4v) is 8.47. The molecule has 0 radical (unpaired) electrons. The minimum absolute atomic E-state index is 0.0415. The van der Waals surface area contributed by atoms with E-state index in [4.69, 9.17) is 14.2 Å². The van der Waals surface area contributed by atoms with Crippen LogP contribution in [0.1, 0.15) is 71.6 Å². The number of rotatable bonds is 6. The van der Waals surface area contributed by atoms with Crippen LogP contribution in [0.5, 0.6) is 0 Å². The molecule has 0 unspecified atom stereocenters. The first-order valence-electron chi connectivity index (χ1n) is 14.0. The molecule has 37 heavy (non-hydrogen) atoms. The normalized spacial score (nSPS) is 37.0. The molecule has 0 bridgehead atoms. The van der Waals surface area contributed by atoms with E-state index in [9.17, 15) is 14.4 Å². The van der Waals surface area contributed by atoms with Crippen LogP contribution < -0.4 is 16.0 Å². The van der Waals surface area contributed by atoms with Gasteiger partial charge in [-0.1, -0.05) is 25.5 Å². The molecule has 0 saturated heterocycles. The van der Waals surface area contributed by atoms with E-state index in [1.165, 1.54) is 12.6 Å². The lowest BCUT2D eigenvalue weighted by atomic mass is 9.47. The van der Waals surface area contributed by atoms with Gasteiger partial charge in [0.1, 0.15) is 12.2 Å². The average Bonchev–Trinajstić information content (AvgIpc) is 3.25. The third-order valence-corrected chi connectivity index (χ3v) is 10.4. The number of hydrogen-bond acceptors (Lipinski definition) is 6. The molecule has 3 amide bonds. The predicted molar refractivity (Wildman–Crippen MR) is 139 cm³/mol. The number of fused-ring (bicyclic) bond motifs is 5. The molecule has 9 heteroatoms. The molecule has 3 saturated carbocycles. The summed E-state index contributed by atoms with van der Waals surface area (Å²) in [5.74, 6) is 2.04. The van der Waals surface area contributed by atoms with Crippen molar-refractivity contribution in [1.82, 2.24) is 16.0 Å². The van der Waals surface area contributed by atoms with Gasteiger partial charge in [-0.15, -0.1) is 0 Å². The Morgan fingerprint density at radius 1 is 0.946 bits per heavy atom. The fraction of sp³-hybridized carbons (Fsp3) is 0.821. The van der Waals surface area contributed by atoms with Crippen molar-refractivity contribution in [3.63, 3.8) is 0 Å². The van der Waals surface area contributed by atoms with Crippen LogP contribution in [-0.2, 0) is 14.2 Å². The van der Waals surface area contributed by atoms with Gasteiger partial charge in [0, 0.05) is 39.9 Å². The molecule has 4 aliphatic rings. The van der Waals surface area contributed by atoms with Crippen molar-refractivity contribution in [1.29, 1.82) is 0 Å². The number of hydrogen-bond donors (Lipinski definition) is 3. The Morgan fingerprint density at radius 2 is 1.68 bits per heavy atom. The smallest absolute Gasteiger partial charge is 0.407 e. The second-order valence-corrected chi connectivity index (χ2v) is 11.9. The largest absolute Gasteiger partial charge is 0.449 e. The number of alkyl carbamates (subject to hydrolysis) is 3. The Kier molecular flexibility index (Phi) is 8.29. The second kappa shape index (κ2) is 11.1. The molecular weight excluding hydrogens is 474 g/mol. The summed E-state index contributed by atoms with van der Waals surface area (Å²) in [4.78, 5) is 35.6. The lowest BCUT2D eigenvalue weighted by molar-refractivity contribution is -0.0753. The Morgan fingerprint density at radius 3 is 2.38 bits per heavy atom. The van der Waals surface area contributed by atoms with Crippen molar-refractivity contribution in [3.05, 3.63) is 11.6 Å². The van der Waals surface area contributed by atoms with Crippen LogP contribution in [0, 0.1) is 34.5 Å². The van der Waals surface area contributed by atoms with Gasteiger partial charge in [0.25, 0.3) is 0 Å². The van der Waals surface area contributed by atoms with Crippen LogP contribution in [0.2, 0.25) is 0 Å². The maximum atomic E-state index is 12.2. The number of ether oxygens (including phenoxy) is 3. The standard InChI is InChI=1S/C28H45N3O6/c1-27-13-10-18(36-25(33)30-4)16-17(27)6-7-19-20-8-9-22(28(20,2)14-11-21(19)27)23(37-26(34)31-5)12-15-35-24(32)29-3/h6,18-23H,7-16H2,1-5H3,(H,29,32)(H,30,33)(H,31,34)/t18-,19-,20-,21-,22+,23-,27-,28-/m0/s1. The monoisotopic (exact) mass is 519 g/mol. The molecule has 3 N–H and O–H groups in total. The van der Waals surface area contributed by atoms with Crippen LogP contribution >= 0.6 is 0 Å². The van der Waals surface area contributed by atoms with E-state index in [0.29, 0.717) is 24.2 Å². The summed E-state index contributed by atoms with van der Waals surface area (Å²) in [6.07, 6.45) is 9.64. The van der Waals surface area contributed by atoms with Gasteiger partial charge in [0.2, 0.25) is 0 Å². The van der Waals surface area contributed by atoms with E-state index < -0.39 is 12.2 Å². The van der Waals surface area contributed by atoms with Crippen LogP contribution in [0.4, 0.5) is 14.4 Å². The summed E-state index contributed by atoms with van der Waals surface area (Å²) < 4.78 is 16.8. The molecule has 0 heterocycles. The van der Waals surface area contributed by atoms with Gasteiger partial charge in [-0.05, 0) is 73.5 Å². The number of allylic oxidation sites excluding steroid dienone is 1. The summed E-state index contributed by atoms with van der Waals surface area (Å²) in [7, 11) is 4.71. The molecule has 0 spiro atoms. The van der Waals surface area contributed by atoms with Crippen molar-refractivity contribution in [2.75, 3.05) is 27.7 Å². The Labute approximate surface area is 220 Å². The van der Waals surface area contributed by atoms with Gasteiger partial charge >= 0.3 is 18.3 Å². The van der Waals surface area contributed by atoms with E-state index in [-0.39, 0.29) is 41.7 Å². The molecular formula is C28H45N3O6. The number of carbonyl (C=O) groups is 3. The van der Waals surface area contributed by atoms with E-state index in [1.807, 2.05) is 0 Å². The first-order chi connectivity index (χ1) is 17.7. The van der Waals surface area contributed by atoms with Crippen molar-refractivity contribution >= 4 is 18.3 Å². The summed E-state index contributed by atoms with van der Waals surface area (Å²) in [5, 5.41) is 7.64. The maximum Gasteiger partial charge on any atom is 0.407 e. The number of amides is 3. The van der Waals surface area contributed by atoms with Crippen LogP contribution in [-0.4, -0.2) is 58.2 Å². The molecule has 208 valence electrons. The third-order valence-electron chi connectivity index (χ3n) is 10.4. The lowest BCUT2D eigenvalue weighted by Gasteiger charge is -2.58. The van der Waals surface area contributed by atoms with Crippen molar-refractivity contribution in [2.24, 2.45) is 34.5 Å². The molecule has 0 aliphatic heterocycles. The van der Waals surface area contributed by atoms with Crippen LogP contribution in [0.25, 0.3) is 0 Å². The minimum atomic E-state index is -0.469. The first kappa shape index (κ1) is 27.6. The second-order valence-electron chi connectivity index (χ2n) is 11.9. The van der Waals surface area contributed by atoms with Crippen LogP contribution in [0.3, 0.4) is 0 Å². The lowest BCUT2D eigenvalue weighted by Crippen LogP contribution is -2.52. The highest BCUT2D eigenvalue weighted by Crippen LogP contribution is 2.67. The zero-order chi connectivity index (χ0) is 26.8. The van der Waals surface area contributed by atoms with Gasteiger partial charge in [0.05, 0.1) is 6.61 Å². The number of nitrogens with one attached hydrogen (secondary N) is 3. The van der Waals surface area contributed by atoms with Gasteiger partial charge in [-0.3, -0.25) is 0 Å². The molecule has 9 nitrogen and oxygen atoms in total. The van der Waals surface area contributed by atoms with Gasteiger partial charge in [-0.25, -0.2) is 14.4 Å². The van der Waals surface area contributed by atoms with Gasteiger partial charge < -0.3 is 30.2 Å². The summed E-state index contributed by atoms with van der Waals surface area (Å²) in [5.41, 5.74) is 1.71. The highest BCUT2D eigenvalue weighted by molar-refractivity contribution is 5.67. The molecule has 3 fully saturated rings. The summed E-state index contributed by atoms with van der Waals surface area (Å²) in [6.45, 7) is 5.06. The minimum Gasteiger partial charge on any atom is -0.449 e. The molecule has 4 rings (SSSR count). The Bertz CT molecular complexity index is 908. The zero-order valence-corrected chi connectivity index (χ0v) is 23.1. The van der Waals surface area contributed by atoms with Crippen LogP contribution in [0.15, 0.2) is 11.6 Å². The first-order valence-corrected chi connectivity index (χ1v) is 14.0. The SMILES string of the molecule is CNC(=O)OCC[C@H](OC(=O)NC)[C@H]1CC[C@H]2[C@@H]3CC=C4C[C@@H](OC(=O)NC)CC[C@]4(C)[C@H]3CC[C@]12C. The van der Waals surface area contributed by atoms with Crippen molar-refractivity contribution in [3.8, 4) is 0 Å². The fourth-order valence-electron chi connectivity index (χ4n) is 8.47. The number of carbonyl (C=O) groups excluding carboxylic acids is 3. The van der Waals surface area contributed by atoms with E-state index in [2.05, 4.69) is 35.9 Å². The van der Waals surface area contributed by atoms with E-state index >= 15 is 0 Å². The topological polar surface area (TPSA) is 115 Å². The molecule has 0 aromatic heterocycles. The quantitative estimate of drug-likeness (QED) is 0.344. The average molecular weight is 520 g/mol. The highest BCUT2D eigenvalue weighted by atomic mass is 16.6. The Hall–Kier alpha value is -2.45. The molecule has 8 atom stereocenters. The summed E-state index contributed by atoms with van der Waals surface area (Å²) in [6, 6.07) is 0. The summed E-state index contributed by atoms with van der Waals surface area (Å²) >= 11 is 0. The van der Waals surface area contributed by atoms with Gasteiger partial charge in [-0.2, -0.15) is 0 Å². The zero-order valence-electron chi connectivity index (χ0n) is 23.1. The molecule has 4 aliphatic carbocycles. The van der Waals surface area contributed by atoms with Crippen molar-refractivity contribution in [2.45, 2.75) is 83.8 Å². The highest BCUT2D eigenvalue weighted by Gasteiger charge is 2.60. The predicted octanol–water partition coefficient (Wildman–Crippen LogP) is 4.76. The van der Waals surface area contributed by atoms with E-state index in [1.54, 1.807) is 14.1 Å². The van der Waals surface area contributed by atoms with E-state index in [0.717, 1.165) is 51.4 Å². The maximum absolute atomic E-state index is 12.2. The Balaban J connectivity index is 1.49. The van der Waals surface area contributed by atoms with Gasteiger partial charge in [0.15, 0.2) is 0 Å². The third kappa shape index (κ3) is 5.28. The molecule has 0 aromatic carbocycles.